The van der Waals surface area contributed by atoms with Crippen LogP contribution in [0, 0.1) is 0 Å². The van der Waals surface area contributed by atoms with Crippen LogP contribution >= 0.6 is 0 Å². The molecule has 1 aliphatic heterocycles. The zero-order valence-electron chi connectivity index (χ0n) is 8.74. The summed E-state index contributed by atoms with van der Waals surface area (Å²) < 4.78 is 5.36. The number of ether oxygens (including phenoxy) is 1. The molecule has 0 radical (unpaired) electrons. The Morgan fingerprint density at radius 3 is 2.29 bits per heavy atom. The van der Waals surface area contributed by atoms with Gasteiger partial charge in [-0.05, 0) is 25.7 Å². The quantitative estimate of drug-likeness (QED) is 0.489. The highest BCUT2D eigenvalue weighted by Gasteiger charge is 2.26. The number of morpholine rings is 1. The van der Waals surface area contributed by atoms with Gasteiger partial charge in [0.05, 0.1) is 13.2 Å². The number of nitrogens with one attached hydrogen (secondary N) is 1. The van der Waals surface area contributed by atoms with Gasteiger partial charge >= 0.3 is 0 Å². The van der Waals surface area contributed by atoms with Gasteiger partial charge in [0.1, 0.15) is 0 Å². The molecule has 1 saturated heterocycles. The van der Waals surface area contributed by atoms with Crippen LogP contribution in [0.1, 0.15) is 25.7 Å². The molecule has 3 N–H and O–H groups in total. The van der Waals surface area contributed by atoms with Crippen LogP contribution < -0.4 is 11.3 Å². The summed E-state index contributed by atoms with van der Waals surface area (Å²) in [7, 11) is 0. The van der Waals surface area contributed by atoms with E-state index < -0.39 is 0 Å². The predicted molar refractivity (Wildman–Crippen MR) is 55.8 cm³/mol. The lowest BCUT2D eigenvalue weighted by molar-refractivity contribution is 0.00657. The summed E-state index contributed by atoms with van der Waals surface area (Å²) in [5.41, 5.74) is 2.88. The first-order valence-corrected chi connectivity index (χ1v) is 5.68. The monoisotopic (exact) mass is 199 g/mol. The third-order valence-electron chi connectivity index (χ3n) is 3.49. The standard InChI is InChI=1S/C10H21N3O/c11-12-9-1-3-10(4-2-9)13-5-7-14-8-6-13/h9-10,12H,1-8,11H2/t9-,10-. The molecule has 0 unspecified atom stereocenters. The maximum atomic E-state index is 5.44. The Morgan fingerprint density at radius 2 is 1.71 bits per heavy atom. The lowest BCUT2D eigenvalue weighted by Crippen LogP contribution is -2.48. The van der Waals surface area contributed by atoms with Gasteiger partial charge in [-0.3, -0.25) is 16.2 Å². The Labute approximate surface area is 85.7 Å². The summed E-state index contributed by atoms with van der Waals surface area (Å²) >= 11 is 0. The lowest BCUT2D eigenvalue weighted by atomic mass is 9.90. The SMILES string of the molecule is NN[C@H]1CC[C@H](N2CCOCC2)CC1. The van der Waals surface area contributed by atoms with Crippen LogP contribution in [0.3, 0.4) is 0 Å². The van der Waals surface area contributed by atoms with Crippen molar-refractivity contribution in [2.24, 2.45) is 5.84 Å². The molecule has 14 heavy (non-hydrogen) atoms. The second-order valence-electron chi connectivity index (χ2n) is 4.32. The van der Waals surface area contributed by atoms with Gasteiger partial charge in [0.25, 0.3) is 0 Å². The molecule has 0 aromatic rings. The highest BCUT2D eigenvalue weighted by atomic mass is 16.5. The molecule has 0 aromatic carbocycles. The fourth-order valence-electron chi connectivity index (χ4n) is 2.55. The molecule has 0 aromatic heterocycles. The van der Waals surface area contributed by atoms with E-state index in [0.717, 1.165) is 32.3 Å². The van der Waals surface area contributed by atoms with Crippen molar-refractivity contribution in [2.75, 3.05) is 26.3 Å². The van der Waals surface area contributed by atoms with Crippen molar-refractivity contribution in [3.8, 4) is 0 Å². The largest absolute Gasteiger partial charge is 0.379 e. The van der Waals surface area contributed by atoms with Gasteiger partial charge < -0.3 is 4.74 Å². The third-order valence-corrected chi connectivity index (χ3v) is 3.49. The summed E-state index contributed by atoms with van der Waals surface area (Å²) in [4.78, 5) is 2.58. The molecule has 1 aliphatic carbocycles. The first-order valence-electron chi connectivity index (χ1n) is 5.68. The van der Waals surface area contributed by atoms with E-state index in [9.17, 15) is 0 Å². The number of hydrogen-bond donors (Lipinski definition) is 2. The minimum atomic E-state index is 0.548. The van der Waals surface area contributed by atoms with Crippen molar-refractivity contribution < 1.29 is 4.74 Å². The summed E-state index contributed by atoms with van der Waals surface area (Å²) in [6.07, 6.45) is 5.01. The molecule has 4 heteroatoms. The highest BCUT2D eigenvalue weighted by Crippen LogP contribution is 2.23. The molecule has 82 valence electrons. The summed E-state index contributed by atoms with van der Waals surface area (Å²) in [5.74, 6) is 5.44. The Morgan fingerprint density at radius 1 is 1.07 bits per heavy atom. The first kappa shape index (κ1) is 10.4. The highest BCUT2D eigenvalue weighted by molar-refractivity contribution is 4.82. The normalized spacial score (nSPS) is 35.8. The van der Waals surface area contributed by atoms with Gasteiger partial charge in [-0.2, -0.15) is 0 Å². The van der Waals surface area contributed by atoms with Crippen molar-refractivity contribution in [1.82, 2.24) is 10.3 Å². The fourth-order valence-corrected chi connectivity index (χ4v) is 2.55. The first-order chi connectivity index (χ1) is 6.90. The Bertz CT molecular complexity index is 163. The number of hydrazine groups is 1. The lowest BCUT2D eigenvalue weighted by Gasteiger charge is -2.38. The second-order valence-corrected chi connectivity index (χ2v) is 4.32. The predicted octanol–water partition coefficient (Wildman–Crippen LogP) is 0.0931. The molecule has 2 aliphatic rings. The van der Waals surface area contributed by atoms with Crippen molar-refractivity contribution in [3.63, 3.8) is 0 Å². The summed E-state index contributed by atoms with van der Waals surface area (Å²) in [6, 6.07) is 1.33. The average molecular weight is 199 g/mol. The van der Waals surface area contributed by atoms with E-state index in [-0.39, 0.29) is 0 Å². The topological polar surface area (TPSA) is 50.5 Å². The van der Waals surface area contributed by atoms with Crippen molar-refractivity contribution in [3.05, 3.63) is 0 Å². The molecular weight excluding hydrogens is 178 g/mol. The van der Waals surface area contributed by atoms with Crippen LogP contribution in [-0.4, -0.2) is 43.3 Å². The molecule has 0 amide bonds. The molecule has 2 fully saturated rings. The number of nitrogens with two attached hydrogens (primary N) is 1. The molecule has 2 rings (SSSR count). The average Bonchev–Trinajstić information content (AvgIpc) is 2.30. The van der Waals surface area contributed by atoms with Crippen LogP contribution in [0.4, 0.5) is 0 Å². The summed E-state index contributed by atoms with van der Waals surface area (Å²) in [6.45, 7) is 4.06. The smallest absolute Gasteiger partial charge is 0.0594 e. The fraction of sp³-hybridized carbons (Fsp3) is 1.00. The van der Waals surface area contributed by atoms with Crippen molar-refractivity contribution >= 4 is 0 Å². The molecular formula is C10H21N3O. The van der Waals surface area contributed by atoms with Gasteiger partial charge in [-0.25, -0.2) is 0 Å². The molecule has 0 bridgehead atoms. The maximum Gasteiger partial charge on any atom is 0.0594 e. The van der Waals surface area contributed by atoms with E-state index in [4.69, 9.17) is 10.6 Å². The molecule has 0 atom stereocenters. The van der Waals surface area contributed by atoms with Gasteiger partial charge in [0, 0.05) is 25.2 Å². The minimum Gasteiger partial charge on any atom is -0.379 e. The van der Waals surface area contributed by atoms with E-state index in [1.54, 1.807) is 0 Å². The molecule has 0 spiro atoms. The minimum absolute atomic E-state index is 0.548. The van der Waals surface area contributed by atoms with E-state index >= 15 is 0 Å². The van der Waals surface area contributed by atoms with E-state index in [0.29, 0.717) is 6.04 Å². The Kier molecular flexibility index (Phi) is 3.75. The van der Waals surface area contributed by atoms with Crippen LogP contribution in [0.15, 0.2) is 0 Å². The molecule has 1 heterocycles. The van der Waals surface area contributed by atoms with Crippen molar-refractivity contribution in [1.29, 1.82) is 0 Å². The van der Waals surface area contributed by atoms with E-state index in [1.165, 1.54) is 25.7 Å². The molecule has 4 nitrogen and oxygen atoms in total. The van der Waals surface area contributed by atoms with E-state index in [2.05, 4.69) is 10.3 Å². The van der Waals surface area contributed by atoms with Crippen LogP contribution in [0.5, 0.6) is 0 Å². The number of hydrogen-bond acceptors (Lipinski definition) is 4. The van der Waals surface area contributed by atoms with Crippen LogP contribution in [0.2, 0.25) is 0 Å². The van der Waals surface area contributed by atoms with E-state index in [1.807, 2.05) is 0 Å². The second kappa shape index (κ2) is 5.07. The number of nitrogens with zero attached hydrogens (tertiary/aromatic N) is 1. The van der Waals surface area contributed by atoms with Crippen molar-refractivity contribution in [2.45, 2.75) is 37.8 Å². The van der Waals surface area contributed by atoms with Gasteiger partial charge in [-0.1, -0.05) is 0 Å². The van der Waals surface area contributed by atoms with Crippen LogP contribution in [-0.2, 0) is 4.74 Å². The zero-order valence-corrected chi connectivity index (χ0v) is 8.74. The van der Waals surface area contributed by atoms with Gasteiger partial charge in [-0.15, -0.1) is 0 Å². The third kappa shape index (κ3) is 2.45. The van der Waals surface area contributed by atoms with Gasteiger partial charge in [0.2, 0.25) is 0 Å². The van der Waals surface area contributed by atoms with Gasteiger partial charge in [0.15, 0.2) is 0 Å². The zero-order chi connectivity index (χ0) is 9.80. The maximum absolute atomic E-state index is 5.44. The summed E-state index contributed by atoms with van der Waals surface area (Å²) in [5, 5.41) is 0. The Hall–Kier alpha value is -0.160. The Balaban J connectivity index is 1.76. The molecule has 1 saturated carbocycles. The van der Waals surface area contributed by atoms with Crippen LogP contribution in [0.25, 0.3) is 0 Å². The number of rotatable bonds is 2.